The van der Waals surface area contributed by atoms with Crippen LogP contribution in [0, 0.1) is 0 Å². The van der Waals surface area contributed by atoms with Gasteiger partial charge in [-0.15, -0.1) is 0 Å². The van der Waals surface area contributed by atoms with Crippen molar-refractivity contribution in [3.8, 4) is 17.0 Å². The summed E-state index contributed by atoms with van der Waals surface area (Å²) in [5, 5.41) is 10.7. The molecule has 4 rings (SSSR count). The van der Waals surface area contributed by atoms with Crippen LogP contribution in [-0.4, -0.2) is 56.4 Å². The number of aromatic amines is 1. The molecule has 1 aliphatic rings. The molecule has 7 nitrogen and oxygen atoms in total. The number of aromatic nitrogens is 2. The van der Waals surface area contributed by atoms with Crippen LogP contribution >= 0.6 is 0 Å². The number of hydrogen-bond acceptors (Lipinski definition) is 5. The first-order valence-corrected chi connectivity index (χ1v) is 10.1. The first kappa shape index (κ1) is 19.8. The summed E-state index contributed by atoms with van der Waals surface area (Å²) in [6.07, 6.45) is 0.895. The smallest absolute Gasteiger partial charge is 0.251 e. The van der Waals surface area contributed by atoms with Gasteiger partial charge in [0.15, 0.2) is 5.82 Å². The number of methoxy groups -OCH3 is 1. The van der Waals surface area contributed by atoms with E-state index in [1.165, 1.54) is 0 Å². The number of rotatable bonds is 6. The van der Waals surface area contributed by atoms with E-state index < -0.39 is 0 Å². The molecule has 0 saturated carbocycles. The van der Waals surface area contributed by atoms with Crippen LogP contribution in [0.25, 0.3) is 11.3 Å². The summed E-state index contributed by atoms with van der Waals surface area (Å²) in [5.74, 6) is 1.69. The van der Waals surface area contributed by atoms with E-state index >= 15 is 0 Å². The van der Waals surface area contributed by atoms with E-state index in [-0.39, 0.29) is 11.9 Å². The molecule has 1 amide bonds. The van der Waals surface area contributed by atoms with Crippen LogP contribution in [0.4, 0.5) is 11.5 Å². The van der Waals surface area contributed by atoms with Crippen LogP contribution in [0.1, 0.15) is 16.8 Å². The molecular formula is C23H27N5O2. The Hall–Kier alpha value is -3.48. The number of carbonyl (C=O) groups excluding carboxylic acids is 1. The number of nitrogens with one attached hydrogen (secondary N) is 2. The minimum atomic E-state index is -0.0342. The van der Waals surface area contributed by atoms with Gasteiger partial charge < -0.3 is 19.9 Å². The molecule has 0 aliphatic carbocycles. The van der Waals surface area contributed by atoms with Gasteiger partial charge in [0, 0.05) is 50.5 Å². The zero-order valence-electron chi connectivity index (χ0n) is 17.6. The Kier molecular flexibility index (Phi) is 5.61. The molecule has 1 unspecified atom stereocenters. The molecule has 0 radical (unpaired) electrons. The largest absolute Gasteiger partial charge is 0.497 e. The highest BCUT2D eigenvalue weighted by Crippen LogP contribution is 2.26. The summed E-state index contributed by atoms with van der Waals surface area (Å²) in [4.78, 5) is 16.8. The van der Waals surface area contributed by atoms with Gasteiger partial charge in [0.25, 0.3) is 5.91 Å². The lowest BCUT2D eigenvalue weighted by atomic mass is 10.1. The number of H-pyrrole nitrogens is 1. The Morgan fingerprint density at radius 1 is 1.17 bits per heavy atom. The average Bonchev–Trinajstić information content (AvgIpc) is 3.43. The number of hydrogen-bond donors (Lipinski definition) is 2. The molecule has 156 valence electrons. The van der Waals surface area contributed by atoms with E-state index in [4.69, 9.17) is 4.74 Å². The van der Waals surface area contributed by atoms with E-state index in [1.54, 1.807) is 7.11 Å². The molecule has 3 aromatic rings. The zero-order chi connectivity index (χ0) is 21.1. The predicted molar refractivity (Wildman–Crippen MR) is 119 cm³/mol. The van der Waals surface area contributed by atoms with Gasteiger partial charge in [-0.05, 0) is 60.5 Å². The number of nitrogens with zero attached hydrogens (tertiary/aromatic N) is 3. The number of carbonyl (C=O) groups is 1. The van der Waals surface area contributed by atoms with Crippen LogP contribution in [0.2, 0.25) is 0 Å². The fraction of sp³-hybridized carbons (Fsp3) is 0.304. The van der Waals surface area contributed by atoms with Gasteiger partial charge in [-0.2, -0.15) is 5.10 Å². The van der Waals surface area contributed by atoms with Crippen molar-refractivity contribution in [1.29, 1.82) is 0 Å². The maximum atomic E-state index is 12.6. The van der Waals surface area contributed by atoms with Gasteiger partial charge in [0.05, 0.1) is 12.8 Å². The highest BCUT2D eigenvalue weighted by Gasteiger charge is 2.26. The van der Waals surface area contributed by atoms with E-state index in [1.807, 2.05) is 73.6 Å². The van der Waals surface area contributed by atoms with E-state index in [0.29, 0.717) is 5.56 Å². The van der Waals surface area contributed by atoms with Gasteiger partial charge >= 0.3 is 0 Å². The number of anilines is 2. The van der Waals surface area contributed by atoms with Crippen molar-refractivity contribution >= 4 is 17.4 Å². The predicted octanol–water partition coefficient (Wildman–Crippen LogP) is 3.16. The second-order valence-corrected chi connectivity index (χ2v) is 7.71. The third-order valence-electron chi connectivity index (χ3n) is 5.46. The standard InChI is InChI=1S/C23H27N5O2/c1-27(2)19-8-4-17(5-9-19)23(29)24-18-12-13-28(15-18)22-14-21(25-26-22)16-6-10-20(30-3)11-7-16/h4-11,14,18H,12-13,15H2,1-3H3,(H,24,29)(H,25,26). The minimum Gasteiger partial charge on any atom is -0.497 e. The van der Waals surface area contributed by atoms with Crippen molar-refractivity contribution < 1.29 is 9.53 Å². The maximum absolute atomic E-state index is 12.6. The summed E-state index contributed by atoms with van der Waals surface area (Å²) in [5.41, 5.74) is 3.77. The van der Waals surface area contributed by atoms with E-state index in [9.17, 15) is 4.79 Å². The van der Waals surface area contributed by atoms with Crippen LogP contribution in [0.15, 0.2) is 54.6 Å². The Morgan fingerprint density at radius 3 is 2.57 bits per heavy atom. The average molecular weight is 406 g/mol. The SMILES string of the molecule is COc1ccc(-c2cc(N3CCC(NC(=O)c4ccc(N(C)C)cc4)C3)n[nH]2)cc1. The summed E-state index contributed by atoms with van der Waals surface area (Å²) in [6.45, 7) is 1.60. The van der Waals surface area contributed by atoms with Crippen molar-refractivity contribution in [2.24, 2.45) is 0 Å². The molecular weight excluding hydrogens is 378 g/mol. The Bertz CT molecular complexity index is 995. The second-order valence-electron chi connectivity index (χ2n) is 7.71. The molecule has 1 aliphatic heterocycles. The fourth-order valence-electron chi connectivity index (χ4n) is 3.66. The lowest BCUT2D eigenvalue weighted by Crippen LogP contribution is -2.37. The molecule has 1 saturated heterocycles. The second kappa shape index (κ2) is 8.49. The van der Waals surface area contributed by atoms with Crippen molar-refractivity contribution in [2.75, 3.05) is 44.1 Å². The third-order valence-corrected chi connectivity index (χ3v) is 5.46. The minimum absolute atomic E-state index is 0.0342. The Balaban J connectivity index is 1.36. The van der Waals surface area contributed by atoms with Crippen molar-refractivity contribution in [1.82, 2.24) is 15.5 Å². The monoisotopic (exact) mass is 405 g/mol. The fourth-order valence-corrected chi connectivity index (χ4v) is 3.66. The summed E-state index contributed by atoms with van der Waals surface area (Å²) >= 11 is 0. The molecule has 7 heteroatoms. The quantitative estimate of drug-likeness (QED) is 0.659. The number of benzene rings is 2. The van der Waals surface area contributed by atoms with Crippen molar-refractivity contribution in [2.45, 2.75) is 12.5 Å². The third kappa shape index (κ3) is 4.25. The van der Waals surface area contributed by atoms with Crippen LogP contribution in [-0.2, 0) is 0 Å². The maximum Gasteiger partial charge on any atom is 0.251 e. The van der Waals surface area contributed by atoms with Gasteiger partial charge in [0.2, 0.25) is 0 Å². The highest BCUT2D eigenvalue weighted by atomic mass is 16.5. The van der Waals surface area contributed by atoms with Crippen LogP contribution < -0.4 is 19.9 Å². The van der Waals surface area contributed by atoms with E-state index in [0.717, 1.165) is 48.0 Å². The Morgan fingerprint density at radius 2 is 1.90 bits per heavy atom. The Labute approximate surface area is 176 Å². The highest BCUT2D eigenvalue weighted by molar-refractivity contribution is 5.94. The van der Waals surface area contributed by atoms with E-state index in [2.05, 4.69) is 20.4 Å². The molecule has 30 heavy (non-hydrogen) atoms. The number of ether oxygens (including phenoxy) is 1. The topological polar surface area (TPSA) is 73.5 Å². The molecule has 1 aromatic heterocycles. The molecule has 1 fully saturated rings. The molecule has 2 heterocycles. The van der Waals surface area contributed by atoms with Gasteiger partial charge in [0.1, 0.15) is 5.75 Å². The lowest BCUT2D eigenvalue weighted by molar-refractivity contribution is 0.0940. The first-order valence-electron chi connectivity index (χ1n) is 10.1. The molecule has 0 bridgehead atoms. The van der Waals surface area contributed by atoms with Crippen molar-refractivity contribution in [3.63, 3.8) is 0 Å². The normalized spacial score (nSPS) is 15.8. The molecule has 2 aromatic carbocycles. The lowest BCUT2D eigenvalue weighted by Gasteiger charge is -2.16. The van der Waals surface area contributed by atoms with Gasteiger partial charge in [-0.25, -0.2) is 0 Å². The number of amides is 1. The van der Waals surface area contributed by atoms with Crippen molar-refractivity contribution in [3.05, 3.63) is 60.2 Å². The van der Waals surface area contributed by atoms with Crippen LogP contribution in [0.5, 0.6) is 5.75 Å². The molecule has 1 atom stereocenters. The van der Waals surface area contributed by atoms with Gasteiger partial charge in [-0.1, -0.05) is 0 Å². The van der Waals surface area contributed by atoms with Crippen LogP contribution in [0.3, 0.4) is 0 Å². The van der Waals surface area contributed by atoms with Gasteiger partial charge in [-0.3, -0.25) is 9.89 Å². The zero-order valence-corrected chi connectivity index (χ0v) is 17.6. The first-order chi connectivity index (χ1) is 14.5. The summed E-state index contributed by atoms with van der Waals surface area (Å²) in [6, 6.07) is 17.7. The molecule has 0 spiro atoms. The summed E-state index contributed by atoms with van der Waals surface area (Å²) in [7, 11) is 5.62. The summed E-state index contributed by atoms with van der Waals surface area (Å²) < 4.78 is 5.21. The molecule has 2 N–H and O–H groups in total.